The number of amides is 1. The topological polar surface area (TPSA) is 62.2 Å². The monoisotopic (exact) mass is 336 g/mol. The first-order valence-electron chi connectivity index (χ1n) is 5.56. The number of hydrogen-bond donors (Lipinski definition) is 2. The van der Waals surface area contributed by atoms with Gasteiger partial charge in [-0.3, -0.25) is 4.79 Å². The minimum absolute atomic E-state index is 0.376. The van der Waals surface area contributed by atoms with Crippen LogP contribution in [0.4, 0.5) is 5.69 Å². The van der Waals surface area contributed by atoms with Gasteiger partial charge in [0.15, 0.2) is 6.10 Å². The number of carbonyl (C=O) groups is 1. The van der Waals surface area contributed by atoms with Gasteiger partial charge in [-0.1, -0.05) is 17.8 Å². The largest absolute Gasteiger partial charge is 0.378 e. The fourth-order valence-corrected chi connectivity index (χ4v) is 2.86. The summed E-state index contributed by atoms with van der Waals surface area (Å²) in [5.41, 5.74) is 1.29. The molecule has 2 N–H and O–H groups in total. The van der Waals surface area contributed by atoms with Crippen molar-refractivity contribution in [2.24, 2.45) is 0 Å². The first kappa shape index (κ1) is 12.7. The number of hydrogen-bond acceptors (Lipinski definition) is 4. The Morgan fingerprint density at radius 2 is 2.16 bits per heavy atom. The van der Waals surface area contributed by atoms with E-state index < -0.39 is 6.10 Å². The molecule has 1 unspecified atom stereocenters. The third kappa shape index (κ3) is 2.51. The summed E-state index contributed by atoms with van der Waals surface area (Å²) in [4.78, 5) is 16.6. The number of aliphatic hydroxyl groups is 1. The van der Waals surface area contributed by atoms with E-state index in [1.807, 2.05) is 24.3 Å². The molecule has 19 heavy (non-hydrogen) atoms. The number of nitrogens with zero attached hydrogens (tertiary/aromatic N) is 1. The van der Waals surface area contributed by atoms with Crippen LogP contribution in [0.3, 0.4) is 0 Å². The Morgan fingerprint density at radius 3 is 2.89 bits per heavy atom. The molecule has 1 aliphatic rings. The zero-order chi connectivity index (χ0) is 13.4. The molecule has 0 saturated carbocycles. The Hall–Kier alpha value is -1.37. The molecule has 2 heterocycles. The third-order valence-electron chi connectivity index (χ3n) is 2.75. The number of benzene rings is 1. The van der Waals surface area contributed by atoms with Crippen LogP contribution in [0.2, 0.25) is 0 Å². The summed E-state index contributed by atoms with van der Waals surface area (Å²) in [5, 5.41) is 13.1. The van der Waals surface area contributed by atoms with Gasteiger partial charge in [0.1, 0.15) is 5.03 Å². The molecular weight excluding hydrogens is 328 g/mol. The summed E-state index contributed by atoms with van der Waals surface area (Å²) < 4.78 is 0.932. The molecule has 3 rings (SSSR count). The molecule has 0 radical (unpaired) electrons. The average molecular weight is 337 g/mol. The molecule has 1 amide bonds. The number of fused-ring (bicyclic) bond motifs is 1. The lowest BCUT2D eigenvalue weighted by atomic mass is 10.1. The summed E-state index contributed by atoms with van der Waals surface area (Å²) in [6.07, 6.45) is 0.682. The van der Waals surface area contributed by atoms with Crippen molar-refractivity contribution >= 4 is 39.3 Å². The van der Waals surface area contributed by atoms with Crippen molar-refractivity contribution in [3.8, 4) is 0 Å². The Bertz CT molecular complexity index is 646. The van der Waals surface area contributed by atoms with Crippen LogP contribution >= 0.6 is 27.7 Å². The highest BCUT2D eigenvalue weighted by Gasteiger charge is 2.28. The van der Waals surface area contributed by atoms with Crippen LogP contribution in [0.5, 0.6) is 0 Å². The van der Waals surface area contributed by atoms with Gasteiger partial charge in [-0.05, 0) is 40.2 Å². The van der Waals surface area contributed by atoms with Crippen molar-refractivity contribution in [3.63, 3.8) is 0 Å². The molecule has 96 valence electrons. The number of nitrogens with one attached hydrogen (secondary N) is 1. The van der Waals surface area contributed by atoms with Gasteiger partial charge in [-0.25, -0.2) is 4.98 Å². The number of rotatable bonds is 2. The molecule has 2 aromatic rings. The molecule has 0 bridgehead atoms. The van der Waals surface area contributed by atoms with Crippen molar-refractivity contribution in [1.29, 1.82) is 0 Å². The van der Waals surface area contributed by atoms with E-state index >= 15 is 0 Å². The van der Waals surface area contributed by atoms with Crippen LogP contribution < -0.4 is 5.32 Å². The zero-order valence-corrected chi connectivity index (χ0v) is 12.0. The quantitative estimate of drug-likeness (QED) is 0.884. The number of pyridine rings is 1. The van der Waals surface area contributed by atoms with Gasteiger partial charge < -0.3 is 10.4 Å². The second-order valence-electron chi connectivity index (χ2n) is 4.06. The van der Waals surface area contributed by atoms with Gasteiger partial charge >= 0.3 is 0 Å². The van der Waals surface area contributed by atoms with Crippen LogP contribution in [0, 0.1) is 0 Å². The number of aliphatic hydroxyl groups excluding tert-OH is 1. The predicted molar refractivity (Wildman–Crippen MR) is 76.1 cm³/mol. The van der Waals surface area contributed by atoms with Crippen molar-refractivity contribution in [2.75, 3.05) is 5.32 Å². The van der Waals surface area contributed by atoms with E-state index in [1.165, 1.54) is 11.8 Å². The summed E-state index contributed by atoms with van der Waals surface area (Å²) in [7, 11) is 0. The van der Waals surface area contributed by atoms with Crippen molar-refractivity contribution < 1.29 is 9.90 Å². The molecule has 1 atom stereocenters. The van der Waals surface area contributed by atoms with E-state index in [9.17, 15) is 9.90 Å². The Morgan fingerprint density at radius 1 is 1.32 bits per heavy atom. The maximum absolute atomic E-state index is 11.4. The van der Waals surface area contributed by atoms with Crippen LogP contribution in [0.1, 0.15) is 11.7 Å². The highest BCUT2D eigenvalue weighted by atomic mass is 79.9. The van der Waals surface area contributed by atoms with Crippen molar-refractivity contribution in [3.05, 3.63) is 46.6 Å². The number of anilines is 1. The standard InChI is InChI=1S/C13H9BrN2O2S/c14-7-1-4-11(15-6-7)19-8-2-3-9-10(5-8)16-13(18)12(9)17/h1-6,12,17H,(H,16,18). The van der Waals surface area contributed by atoms with Crippen molar-refractivity contribution in [1.82, 2.24) is 4.98 Å². The van der Waals surface area contributed by atoms with Crippen LogP contribution in [0.15, 0.2) is 50.9 Å². The molecule has 4 nitrogen and oxygen atoms in total. The lowest BCUT2D eigenvalue weighted by molar-refractivity contribution is -0.123. The Labute approximate surface area is 122 Å². The highest BCUT2D eigenvalue weighted by Crippen LogP contribution is 2.35. The van der Waals surface area contributed by atoms with Gasteiger partial charge in [-0.2, -0.15) is 0 Å². The molecule has 0 aliphatic carbocycles. The minimum atomic E-state index is -1.06. The Balaban J connectivity index is 1.86. The predicted octanol–water partition coefficient (Wildman–Crippen LogP) is 2.98. The summed E-state index contributed by atoms with van der Waals surface area (Å²) in [6, 6.07) is 9.32. The van der Waals surface area contributed by atoms with E-state index in [1.54, 1.807) is 12.3 Å². The summed E-state index contributed by atoms with van der Waals surface area (Å²) in [5.74, 6) is -0.376. The maximum Gasteiger partial charge on any atom is 0.257 e. The normalized spacial score (nSPS) is 17.2. The summed E-state index contributed by atoms with van der Waals surface area (Å²) in [6.45, 7) is 0. The third-order valence-corrected chi connectivity index (χ3v) is 4.16. The van der Waals surface area contributed by atoms with Crippen LogP contribution in [-0.4, -0.2) is 16.0 Å². The second-order valence-corrected chi connectivity index (χ2v) is 6.07. The Kier molecular flexibility index (Phi) is 3.30. The SMILES string of the molecule is O=C1Nc2cc(Sc3ccc(Br)cn3)ccc2C1O. The molecule has 1 aliphatic heterocycles. The highest BCUT2D eigenvalue weighted by molar-refractivity contribution is 9.10. The minimum Gasteiger partial charge on any atom is -0.378 e. The number of carbonyl (C=O) groups excluding carboxylic acids is 1. The van der Waals surface area contributed by atoms with E-state index in [2.05, 4.69) is 26.2 Å². The maximum atomic E-state index is 11.4. The number of aromatic nitrogens is 1. The van der Waals surface area contributed by atoms with Gasteiger partial charge in [0, 0.05) is 26.8 Å². The lowest BCUT2D eigenvalue weighted by Gasteiger charge is -2.04. The van der Waals surface area contributed by atoms with Gasteiger partial charge in [-0.15, -0.1) is 0 Å². The first-order chi connectivity index (χ1) is 9.13. The lowest BCUT2D eigenvalue weighted by Crippen LogP contribution is -2.10. The van der Waals surface area contributed by atoms with Gasteiger partial charge in [0.05, 0.1) is 0 Å². The van der Waals surface area contributed by atoms with E-state index in [4.69, 9.17) is 0 Å². The fourth-order valence-electron chi connectivity index (χ4n) is 1.83. The second kappa shape index (κ2) is 4.96. The first-order valence-corrected chi connectivity index (χ1v) is 7.17. The van der Waals surface area contributed by atoms with E-state index in [0.29, 0.717) is 11.3 Å². The van der Waals surface area contributed by atoms with E-state index in [0.717, 1.165) is 14.4 Å². The van der Waals surface area contributed by atoms with Gasteiger partial charge in [0.2, 0.25) is 0 Å². The zero-order valence-electron chi connectivity index (χ0n) is 9.63. The number of halogens is 1. The fraction of sp³-hybridized carbons (Fsp3) is 0.0769. The molecular formula is C13H9BrN2O2S. The molecule has 0 saturated heterocycles. The smallest absolute Gasteiger partial charge is 0.257 e. The van der Waals surface area contributed by atoms with Crippen molar-refractivity contribution in [2.45, 2.75) is 16.0 Å². The summed E-state index contributed by atoms with van der Waals surface area (Å²) >= 11 is 4.84. The van der Waals surface area contributed by atoms with E-state index in [-0.39, 0.29) is 5.91 Å². The van der Waals surface area contributed by atoms with Crippen LogP contribution in [0.25, 0.3) is 0 Å². The average Bonchev–Trinajstić information content (AvgIpc) is 2.68. The van der Waals surface area contributed by atoms with Crippen LogP contribution in [-0.2, 0) is 4.79 Å². The molecule has 1 aromatic carbocycles. The molecule has 0 spiro atoms. The molecule has 0 fully saturated rings. The molecule has 1 aromatic heterocycles. The van der Waals surface area contributed by atoms with Gasteiger partial charge in [0.25, 0.3) is 5.91 Å². The molecule has 6 heteroatoms.